The molecule has 1 fully saturated rings. The zero-order chi connectivity index (χ0) is 19.6. The number of likely N-dealkylation sites (tertiary alicyclic amines) is 1. The summed E-state index contributed by atoms with van der Waals surface area (Å²) >= 11 is 1.62. The number of benzene rings is 1. The summed E-state index contributed by atoms with van der Waals surface area (Å²) in [4.78, 5) is 30.2. The van der Waals surface area contributed by atoms with Crippen LogP contribution in [0.1, 0.15) is 31.7 Å². The third kappa shape index (κ3) is 3.90. The van der Waals surface area contributed by atoms with Crippen LogP contribution in [-0.4, -0.2) is 51.5 Å². The fourth-order valence-electron chi connectivity index (χ4n) is 3.98. The second-order valence-corrected chi connectivity index (χ2v) is 8.17. The molecule has 0 unspecified atom stereocenters. The number of hydrogen-bond donors (Lipinski definition) is 3. The standard InChI is InChI=1S/C20H26N2O4S/c1-3-6-20(19(25)26)7-8-22(12-17(20)23)11-14-9-13-4-5-15(27-2)10-16(13)21-18(14)24/h4-5,9-10,17,23H,3,6-8,11-12H2,1-2H3,(H,21,24)(H,25,26)/t17-,20+/m1/s1. The first kappa shape index (κ1) is 19.9. The summed E-state index contributed by atoms with van der Waals surface area (Å²) in [5.74, 6) is -0.926. The van der Waals surface area contributed by atoms with Crippen molar-refractivity contribution in [3.63, 3.8) is 0 Å². The van der Waals surface area contributed by atoms with Crippen molar-refractivity contribution in [2.24, 2.45) is 5.41 Å². The molecule has 0 amide bonds. The van der Waals surface area contributed by atoms with Gasteiger partial charge in [-0.05, 0) is 49.2 Å². The molecule has 0 aliphatic carbocycles. The molecule has 0 radical (unpaired) electrons. The van der Waals surface area contributed by atoms with E-state index in [0.717, 1.165) is 15.8 Å². The molecule has 27 heavy (non-hydrogen) atoms. The van der Waals surface area contributed by atoms with Gasteiger partial charge < -0.3 is 15.2 Å². The largest absolute Gasteiger partial charge is 0.481 e. The highest BCUT2D eigenvalue weighted by Crippen LogP contribution is 2.37. The molecule has 2 atom stereocenters. The van der Waals surface area contributed by atoms with Crippen LogP contribution >= 0.6 is 11.8 Å². The zero-order valence-corrected chi connectivity index (χ0v) is 16.5. The number of carboxylic acid groups (broad SMARTS) is 1. The Labute approximate surface area is 162 Å². The number of aliphatic carboxylic acids is 1. The molecule has 1 aromatic carbocycles. The second-order valence-electron chi connectivity index (χ2n) is 7.29. The number of aromatic nitrogens is 1. The van der Waals surface area contributed by atoms with Crippen molar-refractivity contribution in [2.75, 3.05) is 19.3 Å². The number of nitrogens with zero attached hydrogens (tertiary/aromatic N) is 1. The second kappa shape index (κ2) is 8.04. The van der Waals surface area contributed by atoms with Gasteiger partial charge in [-0.3, -0.25) is 14.5 Å². The van der Waals surface area contributed by atoms with Crippen LogP contribution < -0.4 is 5.56 Å². The predicted octanol–water partition coefficient (Wildman–Crippen LogP) is 2.69. The molecule has 6 nitrogen and oxygen atoms in total. The summed E-state index contributed by atoms with van der Waals surface area (Å²) in [6.45, 7) is 3.14. The Morgan fingerprint density at radius 2 is 2.19 bits per heavy atom. The van der Waals surface area contributed by atoms with Crippen LogP contribution in [0.2, 0.25) is 0 Å². The van der Waals surface area contributed by atoms with E-state index < -0.39 is 17.5 Å². The first-order chi connectivity index (χ1) is 12.9. The van der Waals surface area contributed by atoms with Crippen molar-refractivity contribution < 1.29 is 15.0 Å². The number of aliphatic hydroxyl groups is 1. The van der Waals surface area contributed by atoms with Crippen molar-refractivity contribution >= 4 is 28.6 Å². The molecule has 0 saturated carbocycles. The maximum absolute atomic E-state index is 12.5. The average molecular weight is 391 g/mol. The fraction of sp³-hybridized carbons (Fsp3) is 0.500. The predicted molar refractivity (Wildman–Crippen MR) is 107 cm³/mol. The minimum atomic E-state index is -1.07. The topological polar surface area (TPSA) is 93.6 Å². The summed E-state index contributed by atoms with van der Waals surface area (Å²) in [6.07, 6.45) is 2.62. The molecule has 7 heteroatoms. The lowest BCUT2D eigenvalue weighted by atomic mass is 9.73. The molecule has 3 N–H and O–H groups in total. The highest BCUT2D eigenvalue weighted by molar-refractivity contribution is 7.98. The maximum Gasteiger partial charge on any atom is 0.312 e. The van der Waals surface area contributed by atoms with Crippen LogP contribution in [0.15, 0.2) is 34.0 Å². The van der Waals surface area contributed by atoms with Gasteiger partial charge >= 0.3 is 5.97 Å². The number of nitrogens with one attached hydrogen (secondary N) is 1. The van der Waals surface area contributed by atoms with E-state index in [1.165, 1.54) is 0 Å². The number of pyridine rings is 1. The van der Waals surface area contributed by atoms with E-state index in [-0.39, 0.29) is 12.1 Å². The molecule has 1 aliphatic heterocycles. The molecule has 0 bridgehead atoms. The van der Waals surface area contributed by atoms with Gasteiger partial charge in [0.1, 0.15) is 0 Å². The van der Waals surface area contributed by atoms with E-state index in [9.17, 15) is 19.8 Å². The van der Waals surface area contributed by atoms with E-state index in [0.29, 0.717) is 37.9 Å². The monoisotopic (exact) mass is 390 g/mol. The first-order valence-corrected chi connectivity index (χ1v) is 10.5. The van der Waals surface area contributed by atoms with Crippen LogP contribution in [0.5, 0.6) is 0 Å². The Kier molecular flexibility index (Phi) is 5.93. The summed E-state index contributed by atoms with van der Waals surface area (Å²) < 4.78 is 0. The van der Waals surface area contributed by atoms with Gasteiger partial charge in [0.25, 0.3) is 5.56 Å². The Balaban J connectivity index is 1.79. The number of hydrogen-bond acceptors (Lipinski definition) is 5. The molecule has 0 spiro atoms. The Bertz CT molecular complexity index is 897. The summed E-state index contributed by atoms with van der Waals surface area (Å²) in [5, 5.41) is 21.2. The zero-order valence-electron chi connectivity index (χ0n) is 15.7. The Morgan fingerprint density at radius 3 is 2.81 bits per heavy atom. The number of fused-ring (bicyclic) bond motifs is 1. The lowest BCUT2D eigenvalue weighted by molar-refractivity contribution is -0.164. The minimum Gasteiger partial charge on any atom is -0.481 e. The van der Waals surface area contributed by atoms with Crippen molar-refractivity contribution in [1.82, 2.24) is 9.88 Å². The van der Waals surface area contributed by atoms with E-state index in [1.54, 1.807) is 11.8 Å². The highest BCUT2D eigenvalue weighted by Gasteiger charge is 2.47. The number of carbonyl (C=O) groups is 1. The molecule has 2 heterocycles. The van der Waals surface area contributed by atoms with Crippen LogP contribution in [0.3, 0.4) is 0 Å². The van der Waals surface area contributed by atoms with E-state index >= 15 is 0 Å². The number of rotatable bonds is 6. The third-order valence-electron chi connectivity index (χ3n) is 5.59. The third-order valence-corrected chi connectivity index (χ3v) is 6.31. The molecule has 1 saturated heterocycles. The van der Waals surface area contributed by atoms with Crippen LogP contribution in [0.4, 0.5) is 0 Å². The van der Waals surface area contributed by atoms with Gasteiger partial charge in [-0.25, -0.2) is 0 Å². The van der Waals surface area contributed by atoms with Gasteiger partial charge in [0, 0.05) is 29.1 Å². The smallest absolute Gasteiger partial charge is 0.312 e. The van der Waals surface area contributed by atoms with Crippen molar-refractivity contribution in [1.29, 1.82) is 0 Å². The molecule has 1 aromatic heterocycles. The van der Waals surface area contributed by atoms with Crippen molar-refractivity contribution in [3.05, 3.63) is 40.2 Å². The van der Waals surface area contributed by atoms with Gasteiger partial charge in [0.05, 0.1) is 11.5 Å². The number of thioether (sulfide) groups is 1. The number of H-pyrrole nitrogens is 1. The lowest BCUT2D eigenvalue weighted by Gasteiger charge is -2.42. The number of aliphatic hydroxyl groups excluding tert-OH is 1. The highest BCUT2D eigenvalue weighted by atomic mass is 32.2. The maximum atomic E-state index is 12.5. The van der Waals surface area contributed by atoms with Crippen LogP contribution in [0, 0.1) is 5.41 Å². The van der Waals surface area contributed by atoms with Crippen molar-refractivity contribution in [2.45, 2.75) is 43.7 Å². The Hall–Kier alpha value is -1.83. The number of β-amino-alcohol motifs (C(OH)–C–C–N with tert-alkyl or cyclic N) is 1. The quantitative estimate of drug-likeness (QED) is 0.657. The summed E-state index contributed by atoms with van der Waals surface area (Å²) in [7, 11) is 0. The van der Waals surface area contributed by atoms with Crippen LogP contribution in [0.25, 0.3) is 10.9 Å². The fourth-order valence-corrected chi connectivity index (χ4v) is 4.42. The molecule has 146 valence electrons. The molecule has 3 rings (SSSR count). The molecular formula is C20H26N2O4S. The van der Waals surface area contributed by atoms with Gasteiger partial charge in [0.2, 0.25) is 0 Å². The first-order valence-electron chi connectivity index (χ1n) is 9.23. The normalized spacial score (nSPS) is 23.6. The molecular weight excluding hydrogens is 364 g/mol. The molecule has 2 aromatic rings. The lowest BCUT2D eigenvalue weighted by Crippen LogP contribution is -2.54. The summed E-state index contributed by atoms with van der Waals surface area (Å²) in [6, 6.07) is 7.85. The van der Waals surface area contributed by atoms with Crippen LogP contribution in [-0.2, 0) is 11.3 Å². The average Bonchev–Trinajstić information content (AvgIpc) is 2.64. The number of piperidine rings is 1. The van der Waals surface area contributed by atoms with Crippen molar-refractivity contribution in [3.8, 4) is 0 Å². The Morgan fingerprint density at radius 1 is 1.41 bits per heavy atom. The number of carboxylic acids is 1. The van der Waals surface area contributed by atoms with E-state index in [4.69, 9.17) is 0 Å². The van der Waals surface area contributed by atoms with Gasteiger partial charge in [-0.1, -0.05) is 19.4 Å². The van der Waals surface area contributed by atoms with E-state index in [1.807, 2.05) is 42.3 Å². The van der Waals surface area contributed by atoms with Gasteiger partial charge in [-0.2, -0.15) is 0 Å². The van der Waals surface area contributed by atoms with Gasteiger partial charge in [-0.15, -0.1) is 11.8 Å². The number of aromatic amines is 1. The van der Waals surface area contributed by atoms with Gasteiger partial charge in [0.15, 0.2) is 0 Å². The SMILES string of the molecule is CCC[C@]1(C(=O)O)CCN(Cc2cc3ccc(SC)cc3[nH]c2=O)C[C@H]1O. The molecule has 1 aliphatic rings. The van der Waals surface area contributed by atoms with E-state index in [2.05, 4.69) is 4.98 Å². The summed E-state index contributed by atoms with van der Waals surface area (Å²) in [5.41, 5.74) is 0.223. The minimum absolute atomic E-state index is 0.140.